The van der Waals surface area contributed by atoms with Gasteiger partial charge in [0.15, 0.2) is 0 Å². The van der Waals surface area contributed by atoms with Crippen LogP contribution in [0.3, 0.4) is 0 Å². The molecule has 1 aliphatic carbocycles. The fourth-order valence-corrected chi connectivity index (χ4v) is 2.60. The predicted octanol–water partition coefficient (Wildman–Crippen LogP) is 3.45. The Morgan fingerprint density at radius 3 is 2.75 bits per heavy atom. The molecular weight excluding hydrogens is 257 g/mol. The van der Waals surface area contributed by atoms with Crippen LogP contribution in [0.4, 0.5) is 4.39 Å². The first-order valence-corrected chi connectivity index (χ1v) is 6.45. The van der Waals surface area contributed by atoms with E-state index in [1.54, 1.807) is 19.1 Å². The van der Waals surface area contributed by atoms with Crippen molar-refractivity contribution in [3.8, 4) is 17.5 Å². The minimum absolute atomic E-state index is 0.0182. The molecule has 4 nitrogen and oxygen atoms in total. The highest BCUT2D eigenvalue weighted by Crippen LogP contribution is 2.63. The van der Waals surface area contributed by atoms with E-state index in [2.05, 4.69) is 16.2 Å². The third kappa shape index (κ3) is 1.80. The Balaban J connectivity index is 1.92. The molecule has 1 aromatic heterocycles. The van der Waals surface area contributed by atoms with E-state index in [-0.39, 0.29) is 23.1 Å². The lowest BCUT2D eigenvalue weighted by molar-refractivity contribution is 0.368. The summed E-state index contributed by atoms with van der Waals surface area (Å²) in [4.78, 5) is 4.36. The molecule has 0 spiro atoms. The monoisotopic (exact) mass is 271 g/mol. The standard InChI is InChI=1S/C15H14FN3O/c1-8-6-9(4-5-11(8)16)13-18-14(20-19-13)12-10(7-17)15(12,2)3/h4-6,10,12H,1-3H3. The lowest BCUT2D eigenvalue weighted by atomic mass is 10.1. The zero-order chi connectivity index (χ0) is 14.5. The number of nitriles is 1. The summed E-state index contributed by atoms with van der Waals surface area (Å²) in [6, 6.07) is 6.96. The minimum Gasteiger partial charge on any atom is -0.339 e. The number of rotatable bonds is 2. The normalized spacial score (nSPS) is 23.4. The van der Waals surface area contributed by atoms with Crippen molar-refractivity contribution in [2.24, 2.45) is 11.3 Å². The molecule has 0 amide bonds. The van der Waals surface area contributed by atoms with E-state index in [0.717, 1.165) is 0 Å². The molecule has 3 rings (SSSR count). The summed E-state index contributed by atoms with van der Waals surface area (Å²) in [5.74, 6) is 0.549. The van der Waals surface area contributed by atoms with Crippen molar-refractivity contribution in [1.82, 2.24) is 10.1 Å². The Labute approximate surface area is 116 Å². The van der Waals surface area contributed by atoms with Crippen LogP contribution in [0.15, 0.2) is 22.7 Å². The van der Waals surface area contributed by atoms with Gasteiger partial charge in [-0.15, -0.1) is 0 Å². The molecule has 2 aromatic rings. The van der Waals surface area contributed by atoms with Gasteiger partial charge in [0.05, 0.1) is 17.9 Å². The summed E-state index contributed by atoms with van der Waals surface area (Å²) < 4.78 is 18.5. The maximum absolute atomic E-state index is 13.3. The fourth-order valence-electron chi connectivity index (χ4n) is 2.60. The molecule has 0 saturated heterocycles. The fraction of sp³-hybridized carbons (Fsp3) is 0.400. The van der Waals surface area contributed by atoms with Crippen LogP contribution in [0.1, 0.15) is 31.2 Å². The number of aryl methyl sites for hydroxylation is 1. The molecule has 2 atom stereocenters. The molecule has 1 aliphatic rings. The highest BCUT2D eigenvalue weighted by Gasteiger charge is 2.62. The number of hydrogen-bond acceptors (Lipinski definition) is 4. The minimum atomic E-state index is -0.259. The highest BCUT2D eigenvalue weighted by atomic mass is 19.1. The molecule has 0 radical (unpaired) electrons. The van der Waals surface area contributed by atoms with Crippen molar-refractivity contribution >= 4 is 0 Å². The van der Waals surface area contributed by atoms with Crippen LogP contribution in [0.25, 0.3) is 11.4 Å². The first-order valence-electron chi connectivity index (χ1n) is 6.45. The van der Waals surface area contributed by atoms with E-state index in [0.29, 0.717) is 22.8 Å². The van der Waals surface area contributed by atoms with Gasteiger partial charge >= 0.3 is 0 Å². The smallest absolute Gasteiger partial charge is 0.232 e. The Morgan fingerprint density at radius 2 is 2.15 bits per heavy atom. The zero-order valence-electron chi connectivity index (χ0n) is 11.5. The van der Waals surface area contributed by atoms with Crippen molar-refractivity contribution in [2.75, 3.05) is 0 Å². The predicted molar refractivity (Wildman–Crippen MR) is 70.1 cm³/mol. The lowest BCUT2D eigenvalue weighted by Crippen LogP contribution is -1.90. The van der Waals surface area contributed by atoms with Crippen LogP contribution in [0.2, 0.25) is 0 Å². The summed E-state index contributed by atoms with van der Waals surface area (Å²) in [7, 11) is 0. The van der Waals surface area contributed by atoms with Crippen molar-refractivity contribution in [3.63, 3.8) is 0 Å². The molecule has 2 unspecified atom stereocenters. The molecule has 1 heterocycles. The summed E-state index contributed by atoms with van der Waals surface area (Å²) >= 11 is 0. The Bertz CT molecular complexity index is 714. The number of hydrogen-bond donors (Lipinski definition) is 0. The summed E-state index contributed by atoms with van der Waals surface area (Å²) in [5.41, 5.74) is 1.12. The largest absolute Gasteiger partial charge is 0.339 e. The maximum Gasteiger partial charge on any atom is 0.232 e. The number of aromatic nitrogens is 2. The molecule has 5 heteroatoms. The molecule has 0 N–H and O–H groups in total. The van der Waals surface area contributed by atoms with Crippen molar-refractivity contribution in [3.05, 3.63) is 35.5 Å². The van der Waals surface area contributed by atoms with Gasteiger partial charge in [-0.25, -0.2) is 4.39 Å². The number of halogens is 1. The molecule has 20 heavy (non-hydrogen) atoms. The third-order valence-corrected chi connectivity index (χ3v) is 4.09. The van der Waals surface area contributed by atoms with Gasteiger partial charge in [-0.1, -0.05) is 19.0 Å². The molecule has 102 valence electrons. The van der Waals surface area contributed by atoms with Crippen molar-refractivity contribution < 1.29 is 8.91 Å². The van der Waals surface area contributed by atoms with Gasteiger partial charge in [0.1, 0.15) is 5.82 Å². The van der Waals surface area contributed by atoms with Crippen LogP contribution < -0.4 is 0 Å². The van der Waals surface area contributed by atoms with E-state index in [1.165, 1.54) is 6.07 Å². The first kappa shape index (κ1) is 12.8. The van der Waals surface area contributed by atoms with Crippen molar-refractivity contribution in [1.29, 1.82) is 5.26 Å². The van der Waals surface area contributed by atoms with Crippen LogP contribution in [0, 0.1) is 35.4 Å². The second-order valence-corrected chi connectivity index (χ2v) is 5.83. The van der Waals surface area contributed by atoms with Crippen molar-refractivity contribution in [2.45, 2.75) is 26.7 Å². The SMILES string of the molecule is Cc1cc(-c2noc(C3C(C#N)C3(C)C)n2)ccc1F. The number of nitrogens with zero attached hydrogens (tertiary/aromatic N) is 3. The first-order chi connectivity index (χ1) is 9.45. The van der Waals surface area contributed by atoms with Crippen LogP contribution in [0.5, 0.6) is 0 Å². The molecule has 1 saturated carbocycles. The average molecular weight is 271 g/mol. The summed E-state index contributed by atoms with van der Waals surface area (Å²) in [5, 5.41) is 13.0. The van der Waals surface area contributed by atoms with Gasteiger partial charge in [0.2, 0.25) is 11.7 Å². The summed E-state index contributed by atoms with van der Waals surface area (Å²) in [6.07, 6.45) is 0. The van der Waals surface area contributed by atoms with E-state index in [4.69, 9.17) is 9.78 Å². The van der Waals surface area contributed by atoms with Gasteiger partial charge in [-0.2, -0.15) is 10.2 Å². The molecule has 0 bridgehead atoms. The Kier molecular flexibility index (Phi) is 2.65. The molecular formula is C15H14FN3O. The van der Waals surface area contributed by atoms with Gasteiger partial charge < -0.3 is 4.52 Å². The van der Waals surface area contributed by atoms with E-state index < -0.39 is 0 Å². The average Bonchev–Trinajstić information content (AvgIpc) is 2.76. The van der Waals surface area contributed by atoms with Gasteiger partial charge in [-0.3, -0.25) is 0 Å². The summed E-state index contributed by atoms with van der Waals surface area (Å²) in [6.45, 7) is 5.71. The van der Waals surface area contributed by atoms with Crippen LogP contribution >= 0.6 is 0 Å². The molecule has 1 fully saturated rings. The quantitative estimate of drug-likeness (QED) is 0.839. The van der Waals surface area contributed by atoms with E-state index in [1.807, 2.05) is 13.8 Å². The number of benzene rings is 1. The maximum atomic E-state index is 13.3. The second kappa shape index (κ2) is 4.14. The third-order valence-electron chi connectivity index (χ3n) is 4.09. The van der Waals surface area contributed by atoms with Gasteiger partial charge in [0, 0.05) is 5.56 Å². The van der Waals surface area contributed by atoms with Crippen LogP contribution in [-0.2, 0) is 0 Å². The lowest BCUT2D eigenvalue weighted by Gasteiger charge is -1.98. The second-order valence-electron chi connectivity index (χ2n) is 5.83. The highest BCUT2D eigenvalue weighted by molar-refractivity contribution is 5.55. The zero-order valence-corrected chi connectivity index (χ0v) is 11.5. The van der Waals surface area contributed by atoms with Gasteiger partial charge in [0.25, 0.3) is 0 Å². The van der Waals surface area contributed by atoms with E-state index in [9.17, 15) is 4.39 Å². The molecule has 1 aromatic carbocycles. The van der Waals surface area contributed by atoms with Gasteiger partial charge in [-0.05, 0) is 36.1 Å². The van der Waals surface area contributed by atoms with Crippen LogP contribution in [-0.4, -0.2) is 10.1 Å². The van der Waals surface area contributed by atoms with E-state index >= 15 is 0 Å². The Morgan fingerprint density at radius 1 is 1.40 bits per heavy atom. The molecule has 0 aliphatic heterocycles. The topological polar surface area (TPSA) is 62.7 Å². The Hall–Kier alpha value is -2.22.